The zero-order valence-electron chi connectivity index (χ0n) is 12.5. The van der Waals surface area contributed by atoms with Gasteiger partial charge >= 0.3 is 6.61 Å². The van der Waals surface area contributed by atoms with E-state index < -0.39 is 6.61 Å². The second-order valence-electron chi connectivity index (χ2n) is 5.08. The molecule has 0 unspecified atom stereocenters. The Kier molecular flexibility index (Phi) is 8.44. The highest BCUT2D eigenvalue weighted by molar-refractivity contribution is 14.0. The predicted octanol–water partition coefficient (Wildman–Crippen LogP) is 3.51. The summed E-state index contributed by atoms with van der Waals surface area (Å²) >= 11 is 0. The van der Waals surface area contributed by atoms with Crippen molar-refractivity contribution in [3.8, 4) is 5.75 Å². The van der Waals surface area contributed by atoms with Crippen molar-refractivity contribution >= 4 is 29.9 Å². The van der Waals surface area contributed by atoms with E-state index in [2.05, 4.69) is 20.4 Å². The summed E-state index contributed by atoms with van der Waals surface area (Å²) in [6.07, 6.45) is 4.83. The fraction of sp³-hybridized carbons (Fsp3) is 0.533. The van der Waals surface area contributed by atoms with E-state index in [1.807, 2.05) is 6.07 Å². The largest absolute Gasteiger partial charge is 0.435 e. The molecule has 2 rings (SSSR count). The van der Waals surface area contributed by atoms with Gasteiger partial charge < -0.3 is 15.4 Å². The quantitative estimate of drug-likeness (QED) is 0.431. The third-order valence-electron chi connectivity index (χ3n) is 3.50. The minimum atomic E-state index is -2.80. The van der Waals surface area contributed by atoms with Gasteiger partial charge in [0.1, 0.15) is 5.75 Å². The molecule has 0 bridgehead atoms. The monoisotopic (exact) mass is 425 g/mol. The molecule has 1 fully saturated rings. The lowest BCUT2D eigenvalue weighted by molar-refractivity contribution is -0.0498. The number of aliphatic imine (C=N–C) groups is 1. The zero-order chi connectivity index (χ0) is 15.1. The van der Waals surface area contributed by atoms with Crippen LogP contribution in [0.4, 0.5) is 8.78 Å². The molecular formula is C15H22F2IN3O. The molecule has 0 aliphatic heterocycles. The van der Waals surface area contributed by atoms with Gasteiger partial charge in [-0.1, -0.05) is 25.0 Å². The van der Waals surface area contributed by atoms with Crippen LogP contribution in [0.5, 0.6) is 5.75 Å². The second-order valence-corrected chi connectivity index (χ2v) is 5.08. The molecule has 1 aromatic carbocycles. The lowest BCUT2D eigenvalue weighted by Crippen LogP contribution is -2.41. The maximum atomic E-state index is 12.2. The Hall–Kier alpha value is -1.12. The van der Waals surface area contributed by atoms with Crippen molar-refractivity contribution in [3.63, 3.8) is 0 Å². The highest BCUT2D eigenvalue weighted by atomic mass is 127. The van der Waals surface area contributed by atoms with E-state index >= 15 is 0 Å². The molecular weight excluding hydrogens is 403 g/mol. The van der Waals surface area contributed by atoms with E-state index in [0.717, 1.165) is 11.5 Å². The molecule has 124 valence electrons. The van der Waals surface area contributed by atoms with Gasteiger partial charge in [0.25, 0.3) is 0 Å². The van der Waals surface area contributed by atoms with Crippen molar-refractivity contribution in [2.24, 2.45) is 4.99 Å². The summed E-state index contributed by atoms with van der Waals surface area (Å²) in [6.45, 7) is -2.29. The standard InChI is InChI=1S/C15H21F2N3O.HI/c1-18-15(20-12-6-2-3-7-12)19-10-11-5-4-8-13(9-11)21-14(16)17;/h4-5,8-9,12,14H,2-3,6-7,10H2,1H3,(H2,18,19,20);1H. The molecule has 1 aromatic rings. The van der Waals surface area contributed by atoms with Crippen LogP contribution in [0.25, 0.3) is 0 Å². The molecule has 22 heavy (non-hydrogen) atoms. The summed E-state index contributed by atoms with van der Waals surface area (Å²) < 4.78 is 28.8. The molecule has 4 nitrogen and oxygen atoms in total. The molecule has 1 aliphatic carbocycles. The molecule has 1 aliphatic rings. The second kappa shape index (κ2) is 9.81. The van der Waals surface area contributed by atoms with Gasteiger partial charge in [0, 0.05) is 19.6 Å². The molecule has 0 aromatic heterocycles. The Morgan fingerprint density at radius 2 is 2.09 bits per heavy atom. The lowest BCUT2D eigenvalue weighted by Gasteiger charge is -2.17. The van der Waals surface area contributed by atoms with Crippen molar-refractivity contribution in [2.45, 2.75) is 44.9 Å². The van der Waals surface area contributed by atoms with E-state index in [4.69, 9.17) is 0 Å². The summed E-state index contributed by atoms with van der Waals surface area (Å²) in [7, 11) is 1.72. The van der Waals surface area contributed by atoms with Crippen LogP contribution >= 0.6 is 24.0 Å². The van der Waals surface area contributed by atoms with E-state index in [0.29, 0.717) is 12.6 Å². The first-order chi connectivity index (χ1) is 10.2. The predicted molar refractivity (Wildman–Crippen MR) is 94.1 cm³/mol. The Balaban J connectivity index is 0.00000242. The van der Waals surface area contributed by atoms with Crippen molar-refractivity contribution < 1.29 is 13.5 Å². The van der Waals surface area contributed by atoms with E-state index in [1.54, 1.807) is 19.2 Å². The molecule has 0 saturated heterocycles. The minimum absolute atomic E-state index is 0. The molecule has 0 heterocycles. The maximum absolute atomic E-state index is 12.2. The normalized spacial score (nSPS) is 15.5. The van der Waals surface area contributed by atoms with Gasteiger partial charge in [-0.2, -0.15) is 8.78 Å². The third-order valence-corrected chi connectivity index (χ3v) is 3.50. The molecule has 0 atom stereocenters. The highest BCUT2D eigenvalue weighted by Gasteiger charge is 2.15. The summed E-state index contributed by atoms with van der Waals surface area (Å²) in [4.78, 5) is 4.18. The zero-order valence-corrected chi connectivity index (χ0v) is 14.8. The summed E-state index contributed by atoms with van der Waals surface area (Å²) in [5.41, 5.74) is 0.863. The van der Waals surface area contributed by atoms with Crippen LogP contribution in [0, 0.1) is 0 Å². The molecule has 0 radical (unpaired) electrons. The van der Waals surface area contributed by atoms with Gasteiger partial charge in [0.15, 0.2) is 5.96 Å². The topological polar surface area (TPSA) is 45.7 Å². The summed E-state index contributed by atoms with van der Waals surface area (Å²) in [6, 6.07) is 7.14. The first-order valence-corrected chi connectivity index (χ1v) is 7.18. The van der Waals surface area contributed by atoms with Crippen LogP contribution in [-0.4, -0.2) is 25.7 Å². The number of nitrogens with one attached hydrogen (secondary N) is 2. The summed E-state index contributed by atoms with van der Waals surface area (Å²) in [5, 5.41) is 6.56. The fourth-order valence-corrected chi connectivity index (χ4v) is 2.48. The van der Waals surface area contributed by atoms with Crippen molar-refractivity contribution in [1.29, 1.82) is 0 Å². The SMILES string of the molecule is CN=C(NCc1cccc(OC(F)F)c1)NC1CCCC1.I. The number of benzene rings is 1. The average Bonchev–Trinajstić information content (AvgIpc) is 2.96. The first kappa shape index (κ1) is 18.9. The van der Waals surface area contributed by atoms with Crippen LogP contribution in [0.15, 0.2) is 29.3 Å². The smallest absolute Gasteiger partial charge is 0.387 e. The molecule has 7 heteroatoms. The van der Waals surface area contributed by atoms with Crippen molar-refractivity contribution in [3.05, 3.63) is 29.8 Å². The summed E-state index contributed by atoms with van der Waals surface area (Å²) in [5.74, 6) is 0.908. The first-order valence-electron chi connectivity index (χ1n) is 7.18. The number of ether oxygens (including phenoxy) is 1. The number of nitrogens with zero attached hydrogens (tertiary/aromatic N) is 1. The van der Waals surface area contributed by atoms with Crippen LogP contribution in [0.2, 0.25) is 0 Å². The van der Waals surface area contributed by atoms with Gasteiger partial charge in [-0.15, -0.1) is 24.0 Å². The van der Waals surface area contributed by atoms with E-state index in [9.17, 15) is 8.78 Å². The van der Waals surface area contributed by atoms with Crippen molar-refractivity contribution in [1.82, 2.24) is 10.6 Å². The van der Waals surface area contributed by atoms with Gasteiger partial charge in [-0.3, -0.25) is 4.99 Å². The van der Waals surface area contributed by atoms with Crippen LogP contribution in [0.3, 0.4) is 0 Å². The number of hydrogen-bond acceptors (Lipinski definition) is 2. The van der Waals surface area contributed by atoms with Gasteiger partial charge in [-0.05, 0) is 30.5 Å². The molecule has 0 spiro atoms. The van der Waals surface area contributed by atoms with Crippen LogP contribution in [-0.2, 0) is 6.54 Å². The third kappa shape index (κ3) is 6.33. The maximum Gasteiger partial charge on any atom is 0.387 e. The average molecular weight is 425 g/mol. The number of guanidine groups is 1. The van der Waals surface area contributed by atoms with Crippen molar-refractivity contribution in [2.75, 3.05) is 7.05 Å². The number of hydrogen-bond donors (Lipinski definition) is 2. The Bertz CT molecular complexity index is 480. The highest BCUT2D eigenvalue weighted by Crippen LogP contribution is 2.18. The van der Waals surface area contributed by atoms with Gasteiger partial charge in [-0.25, -0.2) is 0 Å². The van der Waals surface area contributed by atoms with Crippen LogP contribution in [0.1, 0.15) is 31.2 Å². The van der Waals surface area contributed by atoms with Gasteiger partial charge in [0.2, 0.25) is 0 Å². The minimum Gasteiger partial charge on any atom is -0.435 e. The molecule has 1 saturated carbocycles. The van der Waals surface area contributed by atoms with Gasteiger partial charge in [0.05, 0.1) is 0 Å². The Labute approximate surface area is 146 Å². The van der Waals surface area contributed by atoms with E-state index in [-0.39, 0.29) is 29.7 Å². The lowest BCUT2D eigenvalue weighted by atomic mass is 10.2. The van der Waals surface area contributed by atoms with E-state index in [1.165, 1.54) is 31.7 Å². The Morgan fingerprint density at radius 3 is 2.73 bits per heavy atom. The number of halogens is 3. The fourth-order valence-electron chi connectivity index (χ4n) is 2.48. The number of rotatable bonds is 5. The number of alkyl halides is 2. The molecule has 2 N–H and O–H groups in total. The Morgan fingerprint density at radius 1 is 1.36 bits per heavy atom. The van der Waals surface area contributed by atoms with Crippen LogP contribution < -0.4 is 15.4 Å². The molecule has 0 amide bonds.